The summed E-state index contributed by atoms with van der Waals surface area (Å²) < 4.78 is 5.82. The molecule has 0 atom stereocenters. The number of benzene rings is 3. The number of amides is 1. The maximum absolute atomic E-state index is 12.0. The minimum absolute atomic E-state index is 0.139. The average molecular weight is 360 g/mol. The Morgan fingerprint density at radius 3 is 2.33 bits per heavy atom. The van der Waals surface area contributed by atoms with Crippen molar-refractivity contribution in [1.29, 1.82) is 0 Å². The number of nitrogens with two attached hydrogens (primary N) is 2. The largest absolute Gasteiger partial charge is 0.489 e. The Kier molecular flexibility index (Phi) is 5.69. The maximum Gasteiger partial charge on any atom is 0.258 e. The monoisotopic (exact) mass is 360 g/mol. The third-order valence-electron chi connectivity index (χ3n) is 3.94. The first-order valence-corrected chi connectivity index (χ1v) is 8.37. The highest BCUT2D eigenvalue weighted by Gasteiger charge is 2.08. The number of nitrogens with zero attached hydrogens (tertiary/aromatic N) is 1. The topological polar surface area (TPSA) is 103 Å². The summed E-state index contributed by atoms with van der Waals surface area (Å²) in [4.78, 5) is 12.0. The molecule has 0 saturated heterocycles. The van der Waals surface area contributed by atoms with Crippen LogP contribution in [-0.2, 0) is 6.61 Å². The van der Waals surface area contributed by atoms with E-state index < -0.39 is 0 Å². The summed E-state index contributed by atoms with van der Waals surface area (Å²) >= 11 is 0. The van der Waals surface area contributed by atoms with E-state index in [2.05, 4.69) is 22.6 Å². The van der Waals surface area contributed by atoms with Gasteiger partial charge in [-0.2, -0.15) is 0 Å². The van der Waals surface area contributed by atoms with Crippen LogP contribution in [0.1, 0.15) is 15.9 Å². The molecule has 0 bridgehead atoms. The zero-order valence-corrected chi connectivity index (χ0v) is 14.6. The number of rotatable bonds is 5. The highest BCUT2D eigenvalue weighted by molar-refractivity contribution is 6.05. The molecule has 3 aromatic carbocycles. The molecule has 3 aromatic rings. The molecule has 0 unspecified atom stereocenters. The van der Waals surface area contributed by atoms with Crippen molar-refractivity contribution < 1.29 is 9.53 Å². The zero-order chi connectivity index (χ0) is 19.1. The Hall–Kier alpha value is -3.80. The molecule has 1 amide bonds. The summed E-state index contributed by atoms with van der Waals surface area (Å²) in [6.07, 6.45) is 0. The van der Waals surface area contributed by atoms with Gasteiger partial charge in [-0.25, -0.2) is 0 Å². The van der Waals surface area contributed by atoms with Crippen molar-refractivity contribution in [3.05, 3.63) is 90.0 Å². The normalized spacial score (nSPS) is 11.0. The third kappa shape index (κ3) is 4.85. The van der Waals surface area contributed by atoms with E-state index in [-0.39, 0.29) is 11.9 Å². The minimum atomic E-state index is -0.379. The fourth-order valence-corrected chi connectivity index (χ4v) is 2.56. The predicted molar refractivity (Wildman–Crippen MR) is 106 cm³/mol. The lowest BCUT2D eigenvalue weighted by Gasteiger charge is -2.09. The number of nitrogens with one attached hydrogen (secondary N) is 1. The van der Waals surface area contributed by atoms with E-state index in [0.717, 1.165) is 22.4 Å². The van der Waals surface area contributed by atoms with Gasteiger partial charge in [0.15, 0.2) is 0 Å². The number of carbonyl (C=O) groups excluding carboxylic acids is 1. The molecule has 0 aliphatic rings. The van der Waals surface area contributed by atoms with Crippen molar-refractivity contribution in [3.8, 4) is 16.9 Å². The molecule has 0 aromatic heterocycles. The van der Waals surface area contributed by atoms with Gasteiger partial charge in [0, 0.05) is 5.56 Å². The molecule has 0 aliphatic carbocycles. The van der Waals surface area contributed by atoms with Crippen LogP contribution in [0.25, 0.3) is 11.1 Å². The van der Waals surface area contributed by atoms with Crippen LogP contribution in [0, 0.1) is 0 Å². The highest BCUT2D eigenvalue weighted by Crippen LogP contribution is 2.22. The van der Waals surface area contributed by atoms with Crippen molar-refractivity contribution in [3.63, 3.8) is 0 Å². The van der Waals surface area contributed by atoms with E-state index in [1.165, 1.54) is 0 Å². The molecule has 0 saturated carbocycles. The smallest absolute Gasteiger partial charge is 0.258 e. The van der Waals surface area contributed by atoms with Gasteiger partial charge in [-0.15, -0.1) is 5.10 Å². The van der Waals surface area contributed by atoms with Crippen LogP contribution in [0.5, 0.6) is 5.75 Å². The van der Waals surface area contributed by atoms with E-state index in [1.54, 1.807) is 18.2 Å². The molecule has 27 heavy (non-hydrogen) atoms. The second kappa shape index (κ2) is 8.53. The number of hydrogen-bond donors (Lipinski definition) is 3. The van der Waals surface area contributed by atoms with Crippen LogP contribution in [0.2, 0.25) is 0 Å². The number of hydrazone groups is 1. The molecule has 0 fully saturated rings. The van der Waals surface area contributed by atoms with Gasteiger partial charge in [-0.05, 0) is 41.0 Å². The molecule has 136 valence electrons. The second-order valence-electron chi connectivity index (χ2n) is 5.85. The zero-order valence-electron chi connectivity index (χ0n) is 14.6. The van der Waals surface area contributed by atoms with E-state index in [0.29, 0.717) is 12.2 Å². The highest BCUT2D eigenvalue weighted by atomic mass is 16.5. The molecule has 0 radical (unpaired) electrons. The van der Waals surface area contributed by atoms with Gasteiger partial charge >= 0.3 is 0 Å². The Morgan fingerprint density at radius 1 is 0.926 bits per heavy atom. The van der Waals surface area contributed by atoms with Gasteiger partial charge in [0.1, 0.15) is 12.4 Å². The molecule has 5 N–H and O–H groups in total. The van der Waals surface area contributed by atoms with E-state index in [4.69, 9.17) is 16.3 Å². The van der Waals surface area contributed by atoms with Crippen molar-refractivity contribution in [2.75, 3.05) is 0 Å². The average Bonchev–Trinajstić information content (AvgIpc) is 2.73. The lowest BCUT2D eigenvalue weighted by molar-refractivity contribution is 0.0976. The van der Waals surface area contributed by atoms with E-state index >= 15 is 0 Å². The summed E-state index contributed by atoms with van der Waals surface area (Å²) in [6.45, 7) is 0.340. The third-order valence-corrected chi connectivity index (χ3v) is 3.94. The van der Waals surface area contributed by atoms with Gasteiger partial charge in [0.25, 0.3) is 5.91 Å². The van der Waals surface area contributed by atoms with Crippen LogP contribution in [0.4, 0.5) is 0 Å². The maximum atomic E-state index is 12.0. The Bertz CT molecular complexity index is 938. The number of guanidine groups is 1. The molecular formula is C21H20N4O2. The van der Waals surface area contributed by atoms with E-state index in [1.807, 2.05) is 48.5 Å². The molecule has 6 heteroatoms. The van der Waals surface area contributed by atoms with Gasteiger partial charge in [-0.3, -0.25) is 10.1 Å². The number of ether oxygens (including phenoxy) is 1. The predicted octanol–water partition coefficient (Wildman–Crippen LogP) is 2.85. The molecule has 0 spiro atoms. The van der Waals surface area contributed by atoms with Gasteiger partial charge in [0.2, 0.25) is 5.96 Å². The molecule has 3 rings (SSSR count). The minimum Gasteiger partial charge on any atom is -0.489 e. The fraction of sp³-hybridized carbons (Fsp3) is 0.0476. The number of carbonyl (C=O) groups is 1. The second-order valence-corrected chi connectivity index (χ2v) is 5.85. The van der Waals surface area contributed by atoms with Gasteiger partial charge < -0.3 is 16.3 Å². The fourth-order valence-electron chi connectivity index (χ4n) is 2.56. The number of hydrogen-bond acceptors (Lipinski definition) is 4. The Balaban J connectivity index is 1.63. The van der Waals surface area contributed by atoms with Crippen molar-refractivity contribution in [1.82, 2.24) is 5.32 Å². The van der Waals surface area contributed by atoms with Crippen molar-refractivity contribution >= 4 is 11.9 Å². The summed E-state index contributed by atoms with van der Waals surface area (Å²) in [5.74, 6) is 5.25. The van der Waals surface area contributed by atoms with Crippen LogP contribution in [-0.4, -0.2) is 11.9 Å². The first-order chi connectivity index (χ1) is 13.2. The summed E-state index contributed by atoms with van der Waals surface area (Å²) in [5, 5.41) is 5.61. The van der Waals surface area contributed by atoms with Crippen LogP contribution >= 0.6 is 0 Å². The Labute approximate surface area is 157 Å². The molecule has 6 nitrogen and oxygen atoms in total. The van der Waals surface area contributed by atoms with Crippen LogP contribution < -0.4 is 21.6 Å². The standard InChI is InChI=1S/C21H20N4O2/c22-21(25-23)24-20(26)18-8-4-5-15(13-18)14-27-19-11-9-17(10-12-19)16-6-2-1-3-7-16/h1-13H,14,23H2,(H3,22,24,25,26). The SMILES string of the molecule is N/N=C(\N)NC(=O)c1cccc(COc2ccc(-c3ccccc3)cc2)c1. The lowest BCUT2D eigenvalue weighted by Crippen LogP contribution is -2.37. The molecular weight excluding hydrogens is 340 g/mol. The lowest BCUT2D eigenvalue weighted by atomic mass is 10.1. The van der Waals surface area contributed by atoms with Gasteiger partial charge in [0.05, 0.1) is 0 Å². The van der Waals surface area contributed by atoms with E-state index in [9.17, 15) is 4.79 Å². The first kappa shape index (κ1) is 18.0. The molecule has 0 heterocycles. The first-order valence-electron chi connectivity index (χ1n) is 8.37. The van der Waals surface area contributed by atoms with Crippen LogP contribution in [0.15, 0.2) is 84.0 Å². The Morgan fingerprint density at radius 2 is 1.63 bits per heavy atom. The summed E-state index contributed by atoms with van der Waals surface area (Å²) in [7, 11) is 0. The van der Waals surface area contributed by atoms with Crippen LogP contribution in [0.3, 0.4) is 0 Å². The quantitative estimate of drug-likeness (QED) is 0.282. The van der Waals surface area contributed by atoms with Gasteiger partial charge in [-0.1, -0.05) is 54.6 Å². The summed E-state index contributed by atoms with van der Waals surface area (Å²) in [5.41, 5.74) is 8.99. The summed E-state index contributed by atoms with van der Waals surface area (Å²) in [6, 6.07) is 25.1. The van der Waals surface area contributed by atoms with Crippen molar-refractivity contribution in [2.24, 2.45) is 16.7 Å². The van der Waals surface area contributed by atoms with Crippen molar-refractivity contribution in [2.45, 2.75) is 6.61 Å². The molecule has 0 aliphatic heterocycles.